The fourth-order valence-corrected chi connectivity index (χ4v) is 2.36. The first-order chi connectivity index (χ1) is 8.17. The van der Waals surface area contributed by atoms with E-state index in [1.54, 1.807) is 0 Å². The number of aliphatic carboxylic acids is 1. The summed E-state index contributed by atoms with van der Waals surface area (Å²) in [6, 6.07) is 8.33. The lowest BCUT2D eigenvalue weighted by Crippen LogP contribution is -2.21. The van der Waals surface area contributed by atoms with E-state index in [0.29, 0.717) is 0 Å². The Hall–Kier alpha value is -1.51. The van der Waals surface area contributed by atoms with Crippen LogP contribution in [0.2, 0.25) is 0 Å². The second kappa shape index (κ2) is 4.78. The summed E-state index contributed by atoms with van der Waals surface area (Å²) in [6.07, 6.45) is 0.792. The van der Waals surface area contributed by atoms with Gasteiger partial charge in [0.05, 0.1) is 5.92 Å². The van der Waals surface area contributed by atoms with Crippen LogP contribution in [0, 0.1) is 5.92 Å². The first-order valence-electron chi connectivity index (χ1n) is 6.25. The molecule has 0 saturated heterocycles. The van der Waals surface area contributed by atoms with Crippen molar-refractivity contribution >= 4 is 11.7 Å². The van der Waals surface area contributed by atoms with Crippen molar-refractivity contribution < 1.29 is 9.90 Å². The lowest BCUT2D eigenvalue weighted by atomic mass is 10.1. The van der Waals surface area contributed by atoms with Crippen molar-refractivity contribution in [2.24, 2.45) is 5.92 Å². The van der Waals surface area contributed by atoms with Gasteiger partial charge in [-0.1, -0.05) is 12.1 Å². The maximum absolute atomic E-state index is 10.8. The molecule has 0 bridgehead atoms. The van der Waals surface area contributed by atoms with E-state index in [9.17, 15) is 4.79 Å². The Labute approximate surface area is 102 Å². The zero-order valence-electron chi connectivity index (χ0n) is 10.4. The molecule has 1 aliphatic carbocycles. The second-order valence-corrected chi connectivity index (χ2v) is 4.55. The van der Waals surface area contributed by atoms with E-state index in [1.807, 2.05) is 0 Å². The Balaban J connectivity index is 2.06. The average Bonchev–Trinajstić information content (AvgIpc) is 3.12. The van der Waals surface area contributed by atoms with E-state index in [2.05, 4.69) is 43.0 Å². The minimum Gasteiger partial charge on any atom is -0.481 e. The lowest BCUT2D eigenvalue weighted by molar-refractivity contribution is -0.138. The highest BCUT2D eigenvalue weighted by atomic mass is 16.4. The first kappa shape index (κ1) is 12.0. The van der Waals surface area contributed by atoms with E-state index in [0.717, 1.165) is 25.1 Å². The molecule has 2 unspecified atom stereocenters. The molecule has 1 fully saturated rings. The molecule has 2 rings (SSSR count). The molecule has 92 valence electrons. The summed E-state index contributed by atoms with van der Waals surface area (Å²) in [6.45, 7) is 6.27. The van der Waals surface area contributed by atoms with Crippen LogP contribution in [0.1, 0.15) is 31.7 Å². The molecule has 1 saturated carbocycles. The summed E-state index contributed by atoms with van der Waals surface area (Å²) in [4.78, 5) is 13.1. The molecule has 1 N–H and O–H groups in total. The molecule has 0 amide bonds. The van der Waals surface area contributed by atoms with Crippen molar-refractivity contribution in [3.8, 4) is 0 Å². The van der Waals surface area contributed by atoms with E-state index in [-0.39, 0.29) is 11.8 Å². The SMILES string of the molecule is CCN(CC)c1ccc(C2CC2C(=O)O)cc1. The Morgan fingerprint density at radius 3 is 2.29 bits per heavy atom. The number of benzene rings is 1. The molecule has 1 aliphatic rings. The van der Waals surface area contributed by atoms with Gasteiger partial charge < -0.3 is 10.0 Å². The Kier molecular flexibility index (Phi) is 3.36. The third-order valence-electron chi connectivity index (χ3n) is 3.56. The number of hydrogen-bond donors (Lipinski definition) is 1. The van der Waals surface area contributed by atoms with Gasteiger partial charge in [-0.2, -0.15) is 0 Å². The maximum atomic E-state index is 10.8. The molecule has 0 aliphatic heterocycles. The number of anilines is 1. The fraction of sp³-hybridized carbons (Fsp3) is 0.500. The smallest absolute Gasteiger partial charge is 0.307 e. The van der Waals surface area contributed by atoms with E-state index < -0.39 is 5.97 Å². The molecular weight excluding hydrogens is 214 g/mol. The third kappa shape index (κ3) is 2.43. The van der Waals surface area contributed by atoms with Crippen LogP contribution in [0.3, 0.4) is 0 Å². The Bertz CT molecular complexity index is 395. The monoisotopic (exact) mass is 233 g/mol. The van der Waals surface area contributed by atoms with Crippen LogP contribution < -0.4 is 4.90 Å². The number of hydrogen-bond acceptors (Lipinski definition) is 2. The summed E-state index contributed by atoms with van der Waals surface area (Å²) in [7, 11) is 0. The first-order valence-corrected chi connectivity index (χ1v) is 6.25. The van der Waals surface area contributed by atoms with Crippen LogP contribution in [0.4, 0.5) is 5.69 Å². The van der Waals surface area contributed by atoms with Crippen LogP contribution >= 0.6 is 0 Å². The molecule has 0 spiro atoms. The van der Waals surface area contributed by atoms with Crippen molar-refractivity contribution in [1.82, 2.24) is 0 Å². The molecule has 3 nitrogen and oxygen atoms in total. The van der Waals surface area contributed by atoms with Crippen molar-refractivity contribution in [3.05, 3.63) is 29.8 Å². The van der Waals surface area contributed by atoms with Crippen LogP contribution in [-0.4, -0.2) is 24.2 Å². The molecule has 1 aromatic carbocycles. The highest BCUT2D eigenvalue weighted by Crippen LogP contribution is 2.47. The quantitative estimate of drug-likeness (QED) is 0.850. The molecule has 17 heavy (non-hydrogen) atoms. The van der Waals surface area contributed by atoms with Gasteiger partial charge in [0, 0.05) is 18.8 Å². The number of carbonyl (C=O) groups is 1. The van der Waals surface area contributed by atoms with Crippen molar-refractivity contribution in [2.45, 2.75) is 26.2 Å². The van der Waals surface area contributed by atoms with Crippen LogP contribution in [0.15, 0.2) is 24.3 Å². The molecule has 0 aromatic heterocycles. The minimum absolute atomic E-state index is 0.158. The van der Waals surface area contributed by atoms with Gasteiger partial charge >= 0.3 is 5.97 Å². The third-order valence-corrected chi connectivity index (χ3v) is 3.56. The topological polar surface area (TPSA) is 40.5 Å². The predicted octanol–water partition coefficient (Wildman–Crippen LogP) is 2.72. The fourth-order valence-electron chi connectivity index (χ4n) is 2.36. The zero-order chi connectivity index (χ0) is 12.4. The average molecular weight is 233 g/mol. The van der Waals surface area contributed by atoms with Gasteiger partial charge in [0.2, 0.25) is 0 Å². The van der Waals surface area contributed by atoms with Crippen molar-refractivity contribution in [2.75, 3.05) is 18.0 Å². The maximum Gasteiger partial charge on any atom is 0.307 e. The number of carboxylic acids is 1. The van der Waals surface area contributed by atoms with Gasteiger partial charge in [-0.05, 0) is 43.9 Å². The summed E-state index contributed by atoms with van der Waals surface area (Å²) < 4.78 is 0. The largest absolute Gasteiger partial charge is 0.481 e. The predicted molar refractivity (Wildman–Crippen MR) is 68.5 cm³/mol. The zero-order valence-corrected chi connectivity index (χ0v) is 10.4. The van der Waals surface area contributed by atoms with Gasteiger partial charge in [-0.25, -0.2) is 0 Å². The normalized spacial score (nSPS) is 22.2. The van der Waals surface area contributed by atoms with E-state index in [4.69, 9.17) is 5.11 Å². The molecule has 3 heteroatoms. The minimum atomic E-state index is -0.664. The molecule has 2 atom stereocenters. The Morgan fingerprint density at radius 1 is 1.29 bits per heavy atom. The van der Waals surface area contributed by atoms with Gasteiger partial charge in [-0.3, -0.25) is 4.79 Å². The summed E-state index contributed by atoms with van der Waals surface area (Å²) in [5.41, 5.74) is 2.37. The summed E-state index contributed by atoms with van der Waals surface area (Å²) >= 11 is 0. The highest BCUT2D eigenvalue weighted by Gasteiger charge is 2.43. The molecule has 0 radical (unpaired) electrons. The summed E-state index contributed by atoms with van der Waals surface area (Å²) in [5, 5.41) is 8.90. The molecule has 0 heterocycles. The van der Waals surface area contributed by atoms with Crippen molar-refractivity contribution in [1.29, 1.82) is 0 Å². The van der Waals surface area contributed by atoms with Crippen LogP contribution in [0.5, 0.6) is 0 Å². The van der Waals surface area contributed by atoms with Crippen LogP contribution in [0.25, 0.3) is 0 Å². The van der Waals surface area contributed by atoms with E-state index in [1.165, 1.54) is 5.69 Å². The van der Waals surface area contributed by atoms with Crippen molar-refractivity contribution in [3.63, 3.8) is 0 Å². The van der Waals surface area contributed by atoms with Gasteiger partial charge in [0.25, 0.3) is 0 Å². The highest BCUT2D eigenvalue weighted by molar-refractivity contribution is 5.75. The Morgan fingerprint density at radius 2 is 1.88 bits per heavy atom. The number of nitrogens with zero attached hydrogens (tertiary/aromatic N) is 1. The van der Waals surface area contributed by atoms with Gasteiger partial charge in [-0.15, -0.1) is 0 Å². The molecular formula is C14H19NO2. The summed E-state index contributed by atoms with van der Waals surface area (Å²) in [5.74, 6) is -0.588. The standard InChI is InChI=1S/C14H19NO2/c1-3-15(4-2)11-7-5-10(6-8-11)12-9-13(12)14(16)17/h5-8,12-13H,3-4,9H2,1-2H3,(H,16,17). The van der Waals surface area contributed by atoms with Gasteiger partial charge in [0.15, 0.2) is 0 Å². The number of rotatable bonds is 5. The second-order valence-electron chi connectivity index (χ2n) is 4.55. The van der Waals surface area contributed by atoms with Gasteiger partial charge in [0.1, 0.15) is 0 Å². The number of carboxylic acid groups (broad SMARTS) is 1. The molecule has 1 aromatic rings. The van der Waals surface area contributed by atoms with E-state index >= 15 is 0 Å². The van der Waals surface area contributed by atoms with Crippen LogP contribution in [-0.2, 0) is 4.79 Å². The lowest BCUT2D eigenvalue weighted by Gasteiger charge is -2.21.